The van der Waals surface area contributed by atoms with Gasteiger partial charge in [0.25, 0.3) is 5.91 Å². The first-order valence-corrected chi connectivity index (χ1v) is 8.88. The van der Waals surface area contributed by atoms with Gasteiger partial charge in [-0.2, -0.15) is 0 Å². The molecule has 0 saturated carbocycles. The molecular weight excluding hydrogens is 407 g/mol. The van der Waals surface area contributed by atoms with E-state index in [2.05, 4.69) is 27.9 Å². The molecule has 124 valence electrons. The van der Waals surface area contributed by atoms with E-state index in [1.54, 1.807) is 0 Å². The lowest BCUT2D eigenvalue weighted by Crippen LogP contribution is -2.46. The summed E-state index contributed by atoms with van der Waals surface area (Å²) in [5.74, 6) is -0.00280. The molecular formula is C17H21IN2O3. The van der Waals surface area contributed by atoms with Crippen molar-refractivity contribution in [2.24, 2.45) is 0 Å². The highest BCUT2D eigenvalue weighted by atomic mass is 127. The molecule has 0 aromatic heterocycles. The maximum absolute atomic E-state index is 12.5. The van der Waals surface area contributed by atoms with Gasteiger partial charge in [0.05, 0.1) is 5.56 Å². The van der Waals surface area contributed by atoms with Crippen LogP contribution in [0.4, 0.5) is 0 Å². The molecule has 1 saturated heterocycles. The SMILES string of the molecule is CC(=O)CCC(=O)NC1CCN(C(=O)c2ccccc2I)CC1. The Morgan fingerprint density at radius 2 is 1.83 bits per heavy atom. The van der Waals surface area contributed by atoms with Gasteiger partial charge in [0.2, 0.25) is 5.91 Å². The Morgan fingerprint density at radius 1 is 1.17 bits per heavy atom. The first kappa shape index (κ1) is 17.9. The molecule has 0 bridgehead atoms. The first-order valence-electron chi connectivity index (χ1n) is 7.80. The molecule has 1 aromatic carbocycles. The van der Waals surface area contributed by atoms with Crippen molar-refractivity contribution in [3.63, 3.8) is 0 Å². The number of hydrogen-bond acceptors (Lipinski definition) is 3. The fraction of sp³-hybridized carbons (Fsp3) is 0.471. The van der Waals surface area contributed by atoms with Gasteiger partial charge in [-0.25, -0.2) is 0 Å². The number of Topliss-reactive ketones (excluding diaryl/α,β-unsaturated/α-hetero) is 1. The average molecular weight is 428 g/mol. The Morgan fingerprint density at radius 3 is 2.43 bits per heavy atom. The minimum atomic E-state index is -0.0809. The average Bonchev–Trinajstić information content (AvgIpc) is 2.53. The third-order valence-electron chi connectivity index (χ3n) is 3.96. The van der Waals surface area contributed by atoms with Gasteiger partial charge >= 0.3 is 0 Å². The van der Waals surface area contributed by atoms with Crippen LogP contribution in [-0.4, -0.2) is 41.6 Å². The largest absolute Gasteiger partial charge is 0.353 e. The van der Waals surface area contributed by atoms with Crippen LogP contribution in [0, 0.1) is 3.57 Å². The van der Waals surface area contributed by atoms with Crippen molar-refractivity contribution in [1.29, 1.82) is 0 Å². The van der Waals surface area contributed by atoms with Crippen LogP contribution in [0.2, 0.25) is 0 Å². The highest BCUT2D eigenvalue weighted by Crippen LogP contribution is 2.18. The molecule has 0 radical (unpaired) electrons. The van der Waals surface area contributed by atoms with Crippen molar-refractivity contribution < 1.29 is 14.4 Å². The summed E-state index contributed by atoms with van der Waals surface area (Å²) in [6, 6.07) is 7.65. The normalized spacial score (nSPS) is 15.3. The summed E-state index contributed by atoms with van der Waals surface area (Å²) in [6.07, 6.45) is 2.04. The molecule has 0 aliphatic carbocycles. The second-order valence-corrected chi connectivity index (χ2v) is 6.98. The first-order chi connectivity index (χ1) is 11.0. The molecule has 23 heavy (non-hydrogen) atoms. The van der Waals surface area contributed by atoms with Crippen LogP contribution in [0.15, 0.2) is 24.3 Å². The van der Waals surface area contributed by atoms with Gasteiger partial charge in [0, 0.05) is 35.5 Å². The number of amides is 2. The maximum atomic E-state index is 12.5. The van der Waals surface area contributed by atoms with E-state index in [0.717, 1.165) is 22.0 Å². The Hall–Kier alpha value is -1.44. The van der Waals surface area contributed by atoms with E-state index in [-0.39, 0.29) is 36.5 Å². The maximum Gasteiger partial charge on any atom is 0.254 e. The molecule has 1 aliphatic rings. The smallest absolute Gasteiger partial charge is 0.254 e. The topological polar surface area (TPSA) is 66.5 Å². The summed E-state index contributed by atoms with van der Waals surface area (Å²) in [4.78, 5) is 37.0. The zero-order valence-electron chi connectivity index (χ0n) is 13.2. The zero-order chi connectivity index (χ0) is 16.8. The second kappa shape index (κ2) is 8.42. The molecule has 0 spiro atoms. The minimum absolute atomic E-state index is 0.0260. The number of nitrogens with zero attached hydrogens (tertiary/aromatic N) is 1. The van der Waals surface area contributed by atoms with E-state index in [4.69, 9.17) is 0 Å². The van der Waals surface area contributed by atoms with Crippen molar-refractivity contribution >= 4 is 40.2 Å². The number of carbonyl (C=O) groups is 3. The zero-order valence-corrected chi connectivity index (χ0v) is 15.3. The fourth-order valence-electron chi connectivity index (χ4n) is 2.62. The van der Waals surface area contributed by atoms with E-state index in [1.165, 1.54) is 6.92 Å². The lowest BCUT2D eigenvalue weighted by molar-refractivity contribution is -0.125. The predicted molar refractivity (Wildman–Crippen MR) is 96.1 cm³/mol. The monoisotopic (exact) mass is 428 g/mol. The summed E-state index contributed by atoms with van der Waals surface area (Å²) in [5, 5.41) is 2.95. The summed E-state index contributed by atoms with van der Waals surface area (Å²) in [7, 11) is 0. The highest BCUT2D eigenvalue weighted by molar-refractivity contribution is 14.1. The van der Waals surface area contributed by atoms with Gasteiger partial charge in [-0.1, -0.05) is 12.1 Å². The van der Waals surface area contributed by atoms with Crippen molar-refractivity contribution in [3.05, 3.63) is 33.4 Å². The number of benzene rings is 1. The minimum Gasteiger partial charge on any atom is -0.353 e. The summed E-state index contributed by atoms with van der Waals surface area (Å²) in [5.41, 5.74) is 0.733. The number of nitrogens with one attached hydrogen (secondary N) is 1. The third-order valence-corrected chi connectivity index (χ3v) is 4.90. The van der Waals surface area contributed by atoms with Crippen molar-refractivity contribution in [2.75, 3.05) is 13.1 Å². The van der Waals surface area contributed by atoms with Gasteiger partial charge in [-0.15, -0.1) is 0 Å². The van der Waals surface area contributed by atoms with Crippen molar-refractivity contribution in [2.45, 2.75) is 38.6 Å². The molecule has 0 atom stereocenters. The van der Waals surface area contributed by atoms with E-state index in [9.17, 15) is 14.4 Å². The number of hydrogen-bond donors (Lipinski definition) is 1. The Bertz CT molecular complexity index is 595. The molecule has 1 aromatic rings. The Balaban J connectivity index is 1.82. The van der Waals surface area contributed by atoms with Gasteiger partial charge in [0.1, 0.15) is 5.78 Å². The lowest BCUT2D eigenvalue weighted by Gasteiger charge is -2.32. The van der Waals surface area contributed by atoms with E-state index >= 15 is 0 Å². The van der Waals surface area contributed by atoms with Gasteiger partial charge in [-0.05, 0) is 54.5 Å². The number of likely N-dealkylation sites (tertiary alicyclic amines) is 1. The Labute approximate surface area is 149 Å². The number of rotatable bonds is 5. The molecule has 0 unspecified atom stereocenters. The quantitative estimate of drug-likeness (QED) is 0.733. The van der Waals surface area contributed by atoms with Crippen LogP contribution in [0.1, 0.15) is 43.0 Å². The third kappa shape index (κ3) is 5.30. The molecule has 1 fully saturated rings. The van der Waals surface area contributed by atoms with Gasteiger partial charge in [-0.3, -0.25) is 9.59 Å². The summed E-state index contributed by atoms with van der Waals surface area (Å²) >= 11 is 2.17. The summed E-state index contributed by atoms with van der Waals surface area (Å²) in [6.45, 7) is 2.77. The predicted octanol–water partition coefficient (Wildman–Crippen LogP) is 2.38. The summed E-state index contributed by atoms with van der Waals surface area (Å²) < 4.78 is 0.953. The lowest BCUT2D eigenvalue weighted by atomic mass is 10.0. The van der Waals surface area contributed by atoms with Crippen LogP contribution >= 0.6 is 22.6 Å². The van der Waals surface area contributed by atoms with E-state index in [0.29, 0.717) is 13.1 Å². The van der Waals surface area contributed by atoms with Crippen LogP contribution in [0.5, 0.6) is 0 Å². The second-order valence-electron chi connectivity index (χ2n) is 5.82. The molecule has 1 N–H and O–H groups in total. The number of carbonyl (C=O) groups excluding carboxylic acids is 3. The van der Waals surface area contributed by atoms with Crippen LogP contribution in [0.25, 0.3) is 0 Å². The van der Waals surface area contributed by atoms with Crippen molar-refractivity contribution in [3.8, 4) is 0 Å². The standard InChI is InChI=1S/C17H21IN2O3/c1-12(21)6-7-16(22)19-13-8-10-20(11-9-13)17(23)14-4-2-3-5-15(14)18/h2-5,13H,6-11H2,1H3,(H,19,22). The number of halogens is 1. The van der Waals surface area contributed by atoms with Crippen LogP contribution in [0.3, 0.4) is 0 Å². The van der Waals surface area contributed by atoms with E-state index < -0.39 is 0 Å². The van der Waals surface area contributed by atoms with Crippen LogP contribution < -0.4 is 5.32 Å². The number of piperidine rings is 1. The molecule has 2 rings (SSSR count). The molecule has 6 heteroatoms. The molecule has 1 heterocycles. The molecule has 1 aliphatic heterocycles. The fourth-order valence-corrected chi connectivity index (χ4v) is 3.24. The number of ketones is 1. The van der Waals surface area contributed by atoms with Crippen molar-refractivity contribution in [1.82, 2.24) is 10.2 Å². The molecule has 5 nitrogen and oxygen atoms in total. The molecule has 2 amide bonds. The van der Waals surface area contributed by atoms with Gasteiger partial charge in [0.15, 0.2) is 0 Å². The van der Waals surface area contributed by atoms with Crippen LogP contribution in [-0.2, 0) is 9.59 Å². The van der Waals surface area contributed by atoms with Gasteiger partial charge < -0.3 is 15.0 Å². The van der Waals surface area contributed by atoms with E-state index in [1.807, 2.05) is 29.2 Å². The Kier molecular flexibility index (Phi) is 6.56. The highest BCUT2D eigenvalue weighted by Gasteiger charge is 2.25.